The standard InChI is InChI=1S/C14H14ClFN2/c1-9-7-11(5-6-13(9)15)14(18-17)10-3-2-4-12(16)8-10/h2-8,14,18H,17H2,1H3. The first kappa shape index (κ1) is 13.0. The highest BCUT2D eigenvalue weighted by atomic mass is 35.5. The van der Waals surface area contributed by atoms with Crippen molar-refractivity contribution in [2.45, 2.75) is 13.0 Å². The molecule has 2 rings (SSSR count). The molecule has 18 heavy (non-hydrogen) atoms. The fourth-order valence-corrected chi connectivity index (χ4v) is 2.04. The second-order valence-corrected chi connectivity index (χ2v) is 4.57. The van der Waals surface area contributed by atoms with E-state index >= 15 is 0 Å². The lowest BCUT2D eigenvalue weighted by Crippen LogP contribution is -2.28. The van der Waals surface area contributed by atoms with E-state index in [1.807, 2.05) is 31.2 Å². The maximum atomic E-state index is 13.2. The third kappa shape index (κ3) is 2.70. The van der Waals surface area contributed by atoms with Crippen molar-refractivity contribution in [3.05, 3.63) is 70.0 Å². The summed E-state index contributed by atoms with van der Waals surface area (Å²) < 4.78 is 13.2. The van der Waals surface area contributed by atoms with Crippen LogP contribution in [0.25, 0.3) is 0 Å². The van der Waals surface area contributed by atoms with Crippen molar-refractivity contribution < 1.29 is 4.39 Å². The van der Waals surface area contributed by atoms with Crippen LogP contribution in [0.1, 0.15) is 22.7 Å². The fourth-order valence-electron chi connectivity index (χ4n) is 1.92. The SMILES string of the molecule is Cc1cc(C(NN)c2cccc(F)c2)ccc1Cl. The van der Waals surface area contributed by atoms with Gasteiger partial charge in [-0.2, -0.15) is 0 Å². The molecule has 0 amide bonds. The van der Waals surface area contributed by atoms with Crippen molar-refractivity contribution in [1.29, 1.82) is 0 Å². The molecule has 0 radical (unpaired) electrons. The molecule has 4 heteroatoms. The van der Waals surface area contributed by atoms with Crippen molar-refractivity contribution in [2.75, 3.05) is 0 Å². The molecule has 94 valence electrons. The van der Waals surface area contributed by atoms with Gasteiger partial charge >= 0.3 is 0 Å². The van der Waals surface area contributed by atoms with Gasteiger partial charge in [0.2, 0.25) is 0 Å². The number of halogens is 2. The van der Waals surface area contributed by atoms with E-state index in [4.69, 9.17) is 17.4 Å². The molecule has 0 spiro atoms. The molecule has 3 N–H and O–H groups in total. The average molecular weight is 265 g/mol. The summed E-state index contributed by atoms with van der Waals surface area (Å²) in [6.07, 6.45) is 0. The molecule has 0 heterocycles. The van der Waals surface area contributed by atoms with E-state index < -0.39 is 0 Å². The van der Waals surface area contributed by atoms with Crippen LogP contribution < -0.4 is 11.3 Å². The lowest BCUT2D eigenvalue weighted by Gasteiger charge is -2.17. The van der Waals surface area contributed by atoms with Crippen LogP contribution in [0.4, 0.5) is 4.39 Å². The molecule has 2 aromatic carbocycles. The molecule has 0 aliphatic heterocycles. The van der Waals surface area contributed by atoms with E-state index in [9.17, 15) is 4.39 Å². The number of hydrogen-bond donors (Lipinski definition) is 2. The Morgan fingerprint density at radius 1 is 1.17 bits per heavy atom. The third-order valence-corrected chi connectivity index (χ3v) is 3.29. The highest BCUT2D eigenvalue weighted by molar-refractivity contribution is 6.31. The van der Waals surface area contributed by atoms with Crippen molar-refractivity contribution in [3.8, 4) is 0 Å². The van der Waals surface area contributed by atoms with Gasteiger partial charge < -0.3 is 0 Å². The molecule has 2 aromatic rings. The number of rotatable bonds is 3. The molecule has 0 aliphatic rings. The largest absolute Gasteiger partial charge is 0.271 e. The lowest BCUT2D eigenvalue weighted by atomic mass is 9.98. The minimum Gasteiger partial charge on any atom is -0.271 e. The molecular weight excluding hydrogens is 251 g/mol. The van der Waals surface area contributed by atoms with E-state index in [0.29, 0.717) is 5.02 Å². The summed E-state index contributed by atoms with van der Waals surface area (Å²) in [5.41, 5.74) is 5.39. The first-order chi connectivity index (χ1) is 8.61. The molecule has 0 aliphatic carbocycles. The van der Waals surface area contributed by atoms with Crippen LogP contribution >= 0.6 is 11.6 Å². The molecule has 0 fully saturated rings. The second kappa shape index (κ2) is 5.48. The predicted octanol–water partition coefficient (Wildman–Crippen LogP) is 3.34. The number of nitrogens with one attached hydrogen (secondary N) is 1. The summed E-state index contributed by atoms with van der Waals surface area (Å²) in [5.74, 6) is 5.29. The Morgan fingerprint density at radius 3 is 2.50 bits per heavy atom. The summed E-state index contributed by atoms with van der Waals surface area (Å²) in [6.45, 7) is 1.92. The van der Waals surface area contributed by atoms with Crippen LogP contribution in [0.2, 0.25) is 5.02 Å². The molecular formula is C14H14ClFN2. The normalized spacial score (nSPS) is 12.4. The van der Waals surface area contributed by atoms with Gasteiger partial charge in [0.25, 0.3) is 0 Å². The molecule has 0 saturated carbocycles. The quantitative estimate of drug-likeness (QED) is 0.659. The van der Waals surface area contributed by atoms with E-state index in [1.165, 1.54) is 12.1 Å². The summed E-state index contributed by atoms with van der Waals surface area (Å²) in [6, 6.07) is 11.8. The molecule has 0 bridgehead atoms. The van der Waals surface area contributed by atoms with E-state index in [2.05, 4.69) is 5.43 Å². The highest BCUT2D eigenvalue weighted by Gasteiger charge is 2.13. The summed E-state index contributed by atoms with van der Waals surface area (Å²) in [4.78, 5) is 0. The Labute approximate surface area is 111 Å². The molecule has 1 unspecified atom stereocenters. The van der Waals surface area contributed by atoms with E-state index in [0.717, 1.165) is 16.7 Å². The number of aryl methyl sites for hydroxylation is 1. The van der Waals surface area contributed by atoms with Crippen LogP contribution in [0, 0.1) is 12.7 Å². The maximum Gasteiger partial charge on any atom is 0.123 e. The van der Waals surface area contributed by atoms with Gasteiger partial charge in [-0.15, -0.1) is 0 Å². The van der Waals surface area contributed by atoms with Gasteiger partial charge in [-0.1, -0.05) is 35.9 Å². The second-order valence-electron chi connectivity index (χ2n) is 4.16. The van der Waals surface area contributed by atoms with Crippen LogP contribution in [0.15, 0.2) is 42.5 Å². The average Bonchev–Trinajstić information content (AvgIpc) is 2.35. The number of hydrogen-bond acceptors (Lipinski definition) is 2. The van der Waals surface area contributed by atoms with Gasteiger partial charge in [0.1, 0.15) is 5.82 Å². The summed E-state index contributed by atoms with van der Waals surface area (Å²) in [5, 5.41) is 0.703. The van der Waals surface area contributed by atoms with Gasteiger partial charge in [0.05, 0.1) is 6.04 Å². The highest BCUT2D eigenvalue weighted by Crippen LogP contribution is 2.25. The Kier molecular flexibility index (Phi) is 3.97. The number of hydrazine groups is 1. The smallest absolute Gasteiger partial charge is 0.123 e. The minimum atomic E-state index is -0.279. The summed E-state index contributed by atoms with van der Waals surface area (Å²) in [7, 11) is 0. The molecule has 1 atom stereocenters. The minimum absolute atomic E-state index is 0.253. The van der Waals surface area contributed by atoms with Crippen molar-refractivity contribution >= 4 is 11.6 Å². The van der Waals surface area contributed by atoms with Crippen molar-refractivity contribution in [2.24, 2.45) is 5.84 Å². The Morgan fingerprint density at radius 2 is 1.89 bits per heavy atom. The zero-order chi connectivity index (χ0) is 13.1. The number of nitrogens with two attached hydrogens (primary N) is 1. The van der Waals surface area contributed by atoms with Gasteiger partial charge in [-0.25, -0.2) is 9.82 Å². The zero-order valence-corrected chi connectivity index (χ0v) is 10.7. The Hall–Kier alpha value is -1.42. The Bertz CT molecular complexity index is 557. The van der Waals surface area contributed by atoms with Crippen molar-refractivity contribution in [3.63, 3.8) is 0 Å². The van der Waals surface area contributed by atoms with E-state index in [-0.39, 0.29) is 11.9 Å². The van der Waals surface area contributed by atoms with Gasteiger partial charge in [-0.05, 0) is 41.8 Å². The third-order valence-electron chi connectivity index (χ3n) is 2.86. The van der Waals surface area contributed by atoms with Gasteiger partial charge in [0, 0.05) is 5.02 Å². The van der Waals surface area contributed by atoms with E-state index in [1.54, 1.807) is 6.07 Å². The fraction of sp³-hybridized carbons (Fsp3) is 0.143. The molecule has 0 aromatic heterocycles. The number of benzene rings is 2. The first-order valence-electron chi connectivity index (χ1n) is 5.59. The molecule has 0 saturated heterocycles. The van der Waals surface area contributed by atoms with Gasteiger partial charge in [0.15, 0.2) is 0 Å². The van der Waals surface area contributed by atoms with Crippen LogP contribution in [-0.2, 0) is 0 Å². The first-order valence-corrected chi connectivity index (χ1v) is 5.97. The zero-order valence-electron chi connectivity index (χ0n) is 9.95. The monoisotopic (exact) mass is 264 g/mol. The van der Waals surface area contributed by atoms with Crippen LogP contribution in [0.5, 0.6) is 0 Å². The molecule has 2 nitrogen and oxygen atoms in total. The Balaban J connectivity index is 2.42. The maximum absolute atomic E-state index is 13.2. The van der Waals surface area contributed by atoms with Gasteiger partial charge in [-0.3, -0.25) is 5.84 Å². The van der Waals surface area contributed by atoms with Crippen molar-refractivity contribution in [1.82, 2.24) is 5.43 Å². The topological polar surface area (TPSA) is 38.0 Å². The van der Waals surface area contributed by atoms with Crippen LogP contribution in [0.3, 0.4) is 0 Å². The predicted molar refractivity (Wildman–Crippen MR) is 71.8 cm³/mol. The van der Waals surface area contributed by atoms with Crippen LogP contribution in [-0.4, -0.2) is 0 Å². The summed E-state index contributed by atoms with van der Waals surface area (Å²) >= 11 is 5.99. The lowest BCUT2D eigenvalue weighted by molar-refractivity contribution is 0.605.